The molecule has 0 saturated carbocycles. The normalized spacial score (nSPS) is 10.8. The van der Waals surface area contributed by atoms with Crippen LogP contribution in [0.2, 0.25) is 10.0 Å². The molecule has 0 aliphatic rings. The molecule has 0 saturated heterocycles. The standard InChI is InChI=1S/C14H14BrCl2NOS/c1-2-18-7-9-3-4-10(20-9)8-19-14-6-12(16)11(15)5-13(14)17/h3-6,18H,2,7-8H2,1H3. The minimum Gasteiger partial charge on any atom is -0.486 e. The van der Waals surface area contributed by atoms with Crippen molar-refractivity contribution in [2.75, 3.05) is 6.54 Å². The van der Waals surface area contributed by atoms with Crippen molar-refractivity contribution in [1.29, 1.82) is 0 Å². The molecule has 0 unspecified atom stereocenters. The van der Waals surface area contributed by atoms with Crippen molar-refractivity contribution in [3.05, 3.63) is 48.5 Å². The third-order valence-electron chi connectivity index (χ3n) is 2.61. The zero-order valence-electron chi connectivity index (χ0n) is 10.9. The highest BCUT2D eigenvalue weighted by atomic mass is 79.9. The first kappa shape index (κ1) is 16.1. The van der Waals surface area contributed by atoms with Crippen molar-refractivity contribution in [1.82, 2.24) is 5.32 Å². The maximum absolute atomic E-state index is 6.12. The third-order valence-corrected chi connectivity index (χ3v) is 5.16. The van der Waals surface area contributed by atoms with Crippen molar-refractivity contribution in [2.45, 2.75) is 20.1 Å². The molecule has 0 amide bonds. The average Bonchev–Trinajstić information content (AvgIpc) is 2.87. The van der Waals surface area contributed by atoms with E-state index in [0.29, 0.717) is 22.4 Å². The molecule has 1 N–H and O–H groups in total. The summed E-state index contributed by atoms with van der Waals surface area (Å²) in [5.41, 5.74) is 0. The first-order chi connectivity index (χ1) is 9.60. The second kappa shape index (κ2) is 7.66. The lowest BCUT2D eigenvalue weighted by molar-refractivity contribution is 0.310. The monoisotopic (exact) mass is 393 g/mol. The van der Waals surface area contributed by atoms with Crippen LogP contribution in [0.4, 0.5) is 0 Å². The highest BCUT2D eigenvalue weighted by Gasteiger charge is 2.08. The summed E-state index contributed by atoms with van der Waals surface area (Å²) in [6.45, 7) is 4.45. The highest BCUT2D eigenvalue weighted by molar-refractivity contribution is 9.10. The zero-order valence-corrected chi connectivity index (χ0v) is 14.8. The summed E-state index contributed by atoms with van der Waals surface area (Å²) in [4.78, 5) is 2.46. The number of benzene rings is 1. The van der Waals surface area contributed by atoms with E-state index in [0.717, 1.165) is 22.4 Å². The number of ether oxygens (including phenoxy) is 1. The van der Waals surface area contributed by atoms with E-state index in [1.807, 2.05) is 0 Å². The Balaban J connectivity index is 1.98. The predicted octanol–water partition coefficient (Wildman–Crippen LogP) is 5.51. The molecule has 20 heavy (non-hydrogen) atoms. The second-order valence-corrected chi connectivity index (χ2v) is 7.06. The molecule has 1 aromatic heterocycles. The van der Waals surface area contributed by atoms with Crippen LogP contribution in [0.3, 0.4) is 0 Å². The van der Waals surface area contributed by atoms with Gasteiger partial charge >= 0.3 is 0 Å². The Hall–Kier alpha value is -0.260. The van der Waals surface area contributed by atoms with Crippen molar-refractivity contribution >= 4 is 50.5 Å². The summed E-state index contributed by atoms with van der Waals surface area (Å²) < 4.78 is 6.49. The van der Waals surface area contributed by atoms with Gasteiger partial charge in [-0.2, -0.15) is 0 Å². The van der Waals surface area contributed by atoms with Gasteiger partial charge in [-0.1, -0.05) is 30.1 Å². The van der Waals surface area contributed by atoms with Crippen LogP contribution in [0.15, 0.2) is 28.7 Å². The Morgan fingerprint density at radius 3 is 2.70 bits per heavy atom. The molecule has 0 aliphatic carbocycles. The van der Waals surface area contributed by atoms with Gasteiger partial charge in [0.05, 0.1) is 10.0 Å². The Morgan fingerprint density at radius 1 is 1.20 bits per heavy atom. The molecule has 0 fully saturated rings. The van der Waals surface area contributed by atoms with E-state index in [1.165, 1.54) is 4.88 Å². The van der Waals surface area contributed by atoms with Gasteiger partial charge in [0.15, 0.2) is 0 Å². The number of rotatable bonds is 6. The van der Waals surface area contributed by atoms with Crippen molar-refractivity contribution in [2.24, 2.45) is 0 Å². The van der Waals surface area contributed by atoms with Crippen LogP contribution in [0.25, 0.3) is 0 Å². The number of nitrogens with one attached hydrogen (secondary N) is 1. The Labute approximate surface area is 141 Å². The summed E-state index contributed by atoms with van der Waals surface area (Å²) in [5.74, 6) is 0.599. The van der Waals surface area contributed by atoms with Crippen LogP contribution in [-0.4, -0.2) is 6.54 Å². The van der Waals surface area contributed by atoms with Gasteiger partial charge in [0.2, 0.25) is 0 Å². The van der Waals surface area contributed by atoms with Crippen LogP contribution >= 0.6 is 50.5 Å². The molecule has 108 valence electrons. The molecular weight excluding hydrogens is 381 g/mol. The quantitative estimate of drug-likeness (QED) is 0.652. The topological polar surface area (TPSA) is 21.3 Å². The van der Waals surface area contributed by atoms with Gasteiger partial charge in [-0.25, -0.2) is 0 Å². The number of hydrogen-bond acceptors (Lipinski definition) is 3. The minimum absolute atomic E-state index is 0.495. The summed E-state index contributed by atoms with van der Waals surface area (Å²) >= 11 is 17.2. The second-order valence-electron chi connectivity index (χ2n) is 4.13. The van der Waals surface area contributed by atoms with E-state index < -0.39 is 0 Å². The van der Waals surface area contributed by atoms with E-state index in [2.05, 4.69) is 40.3 Å². The van der Waals surface area contributed by atoms with E-state index in [9.17, 15) is 0 Å². The van der Waals surface area contributed by atoms with Gasteiger partial charge in [-0.05, 0) is 40.7 Å². The lowest BCUT2D eigenvalue weighted by Crippen LogP contribution is -2.10. The molecule has 2 rings (SSSR count). The molecule has 0 aliphatic heterocycles. The van der Waals surface area contributed by atoms with Crippen molar-refractivity contribution < 1.29 is 4.74 Å². The minimum atomic E-state index is 0.495. The molecule has 2 aromatic rings. The molecule has 2 nitrogen and oxygen atoms in total. The highest BCUT2D eigenvalue weighted by Crippen LogP contribution is 2.34. The van der Waals surface area contributed by atoms with Gasteiger partial charge < -0.3 is 10.1 Å². The molecule has 1 heterocycles. The van der Waals surface area contributed by atoms with Crippen LogP contribution in [0.5, 0.6) is 5.75 Å². The number of hydrogen-bond donors (Lipinski definition) is 1. The first-order valence-corrected chi connectivity index (χ1v) is 8.52. The van der Waals surface area contributed by atoms with E-state index in [-0.39, 0.29) is 0 Å². The fourth-order valence-electron chi connectivity index (χ4n) is 1.61. The maximum atomic E-state index is 6.12. The van der Waals surface area contributed by atoms with Crippen molar-refractivity contribution in [3.63, 3.8) is 0 Å². The zero-order chi connectivity index (χ0) is 14.5. The van der Waals surface area contributed by atoms with E-state index in [4.69, 9.17) is 27.9 Å². The third kappa shape index (κ3) is 4.37. The Bertz CT molecular complexity index is 589. The molecule has 0 atom stereocenters. The predicted molar refractivity (Wildman–Crippen MR) is 90.2 cm³/mol. The van der Waals surface area contributed by atoms with Crippen molar-refractivity contribution in [3.8, 4) is 5.75 Å². The SMILES string of the molecule is CCNCc1ccc(COc2cc(Cl)c(Br)cc2Cl)s1. The largest absolute Gasteiger partial charge is 0.486 e. The van der Waals surface area contributed by atoms with Gasteiger partial charge in [-0.15, -0.1) is 11.3 Å². The molecule has 6 heteroatoms. The van der Waals surface area contributed by atoms with Gasteiger partial charge in [0.25, 0.3) is 0 Å². The molecular formula is C14H14BrCl2NOS. The lowest BCUT2D eigenvalue weighted by atomic mass is 10.3. The first-order valence-electron chi connectivity index (χ1n) is 6.15. The molecule has 0 bridgehead atoms. The fourth-order valence-corrected chi connectivity index (χ4v) is 3.35. The van der Waals surface area contributed by atoms with Gasteiger partial charge in [0, 0.05) is 26.8 Å². The summed E-state index contributed by atoms with van der Waals surface area (Å²) in [7, 11) is 0. The maximum Gasteiger partial charge on any atom is 0.140 e. The summed E-state index contributed by atoms with van der Waals surface area (Å²) in [5, 5.41) is 4.43. The van der Waals surface area contributed by atoms with Crippen LogP contribution < -0.4 is 10.1 Å². The van der Waals surface area contributed by atoms with E-state index >= 15 is 0 Å². The fraction of sp³-hybridized carbons (Fsp3) is 0.286. The number of halogens is 3. The molecule has 0 spiro atoms. The van der Waals surface area contributed by atoms with Crippen LogP contribution in [0.1, 0.15) is 16.7 Å². The summed E-state index contributed by atoms with van der Waals surface area (Å²) in [6.07, 6.45) is 0. The van der Waals surface area contributed by atoms with Gasteiger partial charge in [0.1, 0.15) is 12.4 Å². The van der Waals surface area contributed by atoms with Crippen LogP contribution in [-0.2, 0) is 13.2 Å². The van der Waals surface area contributed by atoms with Crippen LogP contribution in [0, 0.1) is 0 Å². The summed E-state index contributed by atoms with van der Waals surface area (Å²) in [6, 6.07) is 7.65. The van der Waals surface area contributed by atoms with E-state index in [1.54, 1.807) is 23.5 Å². The average molecular weight is 395 g/mol. The Kier molecular flexibility index (Phi) is 6.18. The number of thiophene rings is 1. The Morgan fingerprint density at radius 2 is 1.95 bits per heavy atom. The molecule has 1 aromatic carbocycles. The lowest BCUT2D eigenvalue weighted by Gasteiger charge is -2.08. The smallest absolute Gasteiger partial charge is 0.140 e. The van der Waals surface area contributed by atoms with Gasteiger partial charge in [-0.3, -0.25) is 0 Å². The molecule has 0 radical (unpaired) electrons.